The quantitative estimate of drug-likeness (QED) is 0.367. The fourth-order valence-electron chi connectivity index (χ4n) is 2.41. The molecule has 0 saturated heterocycles. The number of hydrogen-bond donors (Lipinski definition) is 0. The second-order valence-electron chi connectivity index (χ2n) is 5.61. The highest BCUT2D eigenvalue weighted by atomic mass is 35.5. The predicted molar refractivity (Wildman–Crippen MR) is 110 cm³/mol. The number of hydrogen-bond acceptors (Lipinski definition) is 6. The van der Waals surface area contributed by atoms with E-state index in [1.165, 1.54) is 12.7 Å². The summed E-state index contributed by atoms with van der Waals surface area (Å²) in [4.78, 5) is 24.3. The molecule has 0 aromatic carbocycles. The molecular weight excluding hydrogens is 399 g/mol. The van der Waals surface area contributed by atoms with Gasteiger partial charge in [0.1, 0.15) is 23.7 Å². The van der Waals surface area contributed by atoms with Crippen LogP contribution in [0.2, 0.25) is 10.3 Å². The van der Waals surface area contributed by atoms with Crippen LogP contribution in [0.3, 0.4) is 0 Å². The van der Waals surface area contributed by atoms with E-state index in [1.807, 2.05) is 47.3 Å². The van der Waals surface area contributed by atoms with Gasteiger partial charge in [-0.15, -0.1) is 0 Å². The Bertz CT molecular complexity index is 1040. The third-order valence-corrected chi connectivity index (χ3v) is 4.34. The first-order valence-corrected chi connectivity index (χ1v) is 9.26. The summed E-state index contributed by atoms with van der Waals surface area (Å²) in [5, 5.41) is 0.795. The summed E-state index contributed by atoms with van der Waals surface area (Å²) in [6, 6.07) is 0. The van der Waals surface area contributed by atoms with Crippen molar-refractivity contribution in [2.24, 2.45) is 0 Å². The van der Waals surface area contributed by atoms with Crippen molar-refractivity contribution in [3.05, 3.63) is 59.9 Å². The zero-order valence-corrected chi connectivity index (χ0v) is 16.9. The second-order valence-corrected chi connectivity index (χ2v) is 6.32. The standard InChI is InChI=1S/2C9H9ClN4/c2*1-2-3-4-14-6-13-7-8(10)11-5-12-9(7)14/h2*2-3,5-6H,4H2,1H3/b2*3-2+. The molecule has 0 unspecified atom stereocenters. The Kier molecular flexibility index (Phi) is 6.67. The third kappa shape index (κ3) is 4.35. The van der Waals surface area contributed by atoms with E-state index in [-0.39, 0.29) is 0 Å². The van der Waals surface area contributed by atoms with E-state index < -0.39 is 0 Å². The van der Waals surface area contributed by atoms with E-state index in [0.29, 0.717) is 21.3 Å². The molecule has 0 aliphatic carbocycles. The Morgan fingerprint density at radius 1 is 0.714 bits per heavy atom. The van der Waals surface area contributed by atoms with Gasteiger partial charge in [0.15, 0.2) is 21.6 Å². The number of fused-ring (bicyclic) bond motifs is 2. The molecule has 4 rings (SSSR count). The molecule has 0 amide bonds. The fourth-order valence-corrected chi connectivity index (χ4v) is 2.76. The molecule has 8 nitrogen and oxygen atoms in total. The number of aromatic nitrogens is 8. The minimum Gasteiger partial charge on any atom is -0.311 e. The average molecular weight is 417 g/mol. The molecular formula is C18H18Cl2N8. The van der Waals surface area contributed by atoms with E-state index in [4.69, 9.17) is 23.2 Å². The number of nitrogens with zero attached hydrogens (tertiary/aromatic N) is 8. The summed E-state index contributed by atoms with van der Waals surface area (Å²) in [7, 11) is 0. The summed E-state index contributed by atoms with van der Waals surface area (Å²) >= 11 is 11.7. The zero-order valence-electron chi connectivity index (χ0n) is 15.4. The maximum atomic E-state index is 5.86. The lowest BCUT2D eigenvalue weighted by Gasteiger charge is -1.97. The topological polar surface area (TPSA) is 87.2 Å². The number of allylic oxidation sites excluding steroid dienone is 4. The van der Waals surface area contributed by atoms with Crippen LogP contribution in [0.1, 0.15) is 13.8 Å². The van der Waals surface area contributed by atoms with Crippen molar-refractivity contribution in [2.45, 2.75) is 26.9 Å². The number of imidazole rings is 2. The maximum Gasteiger partial charge on any atom is 0.165 e. The molecule has 0 atom stereocenters. The molecule has 0 saturated carbocycles. The van der Waals surface area contributed by atoms with Crippen LogP contribution >= 0.6 is 23.2 Å². The van der Waals surface area contributed by atoms with Crippen molar-refractivity contribution < 1.29 is 0 Å². The molecule has 0 radical (unpaired) electrons. The van der Waals surface area contributed by atoms with Gasteiger partial charge < -0.3 is 9.13 Å². The third-order valence-electron chi connectivity index (χ3n) is 3.79. The normalized spacial score (nSPS) is 11.6. The lowest BCUT2D eigenvalue weighted by atomic mass is 10.5. The van der Waals surface area contributed by atoms with Crippen LogP contribution in [0.15, 0.2) is 49.6 Å². The van der Waals surface area contributed by atoms with Crippen molar-refractivity contribution in [1.82, 2.24) is 39.0 Å². The van der Waals surface area contributed by atoms with Crippen LogP contribution in [0.25, 0.3) is 22.3 Å². The molecule has 28 heavy (non-hydrogen) atoms. The van der Waals surface area contributed by atoms with Crippen molar-refractivity contribution in [3.63, 3.8) is 0 Å². The molecule has 4 aromatic rings. The minimum atomic E-state index is 0.397. The van der Waals surface area contributed by atoms with Gasteiger partial charge in [0.25, 0.3) is 0 Å². The predicted octanol–water partition coefficient (Wildman–Crippen LogP) is 4.11. The monoisotopic (exact) mass is 416 g/mol. The SMILES string of the molecule is C/C=C/Cn1cnc2c(Cl)ncnc21.C/C=C/Cn1cnc2c(Cl)ncnc21. The summed E-state index contributed by atoms with van der Waals surface area (Å²) < 4.78 is 3.84. The largest absolute Gasteiger partial charge is 0.311 e. The van der Waals surface area contributed by atoms with Crippen LogP contribution in [0, 0.1) is 0 Å². The molecule has 0 N–H and O–H groups in total. The van der Waals surface area contributed by atoms with Gasteiger partial charge >= 0.3 is 0 Å². The molecule has 0 spiro atoms. The smallest absolute Gasteiger partial charge is 0.165 e. The van der Waals surface area contributed by atoms with Gasteiger partial charge in [-0.05, 0) is 13.8 Å². The van der Waals surface area contributed by atoms with Crippen LogP contribution in [0.4, 0.5) is 0 Å². The lowest BCUT2D eigenvalue weighted by Crippen LogP contribution is -1.94. The van der Waals surface area contributed by atoms with Gasteiger partial charge in [-0.3, -0.25) is 0 Å². The zero-order chi connectivity index (χ0) is 19.9. The fraction of sp³-hybridized carbons (Fsp3) is 0.222. The minimum absolute atomic E-state index is 0.397. The van der Waals surface area contributed by atoms with Gasteiger partial charge in [-0.25, -0.2) is 29.9 Å². The molecule has 0 aliphatic heterocycles. The molecule has 0 bridgehead atoms. The first-order chi connectivity index (χ1) is 13.7. The van der Waals surface area contributed by atoms with Gasteiger partial charge in [0, 0.05) is 13.1 Å². The van der Waals surface area contributed by atoms with Crippen LogP contribution in [-0.4, -0.2) is 39.0 Å². The highest BCUT2D eigenvalue weighted by molar-refractivity contribution is 6.33. The van der Waals surface area contributed by atoms with Gasteiger partial charge in [-0.2, -0.15) is 0 Å². The van der Waals surface area contributed by atoms with E-state index in [1.54, 1.807) is 12.7 Å². The maximum absolute atomic E-state index is 5.86. The van der Waals surface area contributed by atoms with Crippen LogP contribution in [-0.2, 0) is 13.1 Å². The highest BCUT2D eigenvalue weighted by Gasteiger charge is 2.07. The summed E-state index contributed by atoms with van der Waals surface area (Å²) in [6.07, 6.45) is 14.3. The average Bonchev–Trinajstić information content (AvgIpc) is 3.31. The molecule has 4 heterocycles. The first kappa shape index (κ1) is 19.9. The lowest BCUT2D eigenvalue weighted by molar-refractivity contribution is 0.835. The number of halogens is 2. The van der Waals surface area contributed by atoms with E-state index in [9.17, 15) is 0 Å². The van der Waals surface area contributed by atoms with Crippen LogP contribution < -0.4 is 0 Å². The Labute approximate surface area is 171 Å². The van der Waals surface area contributed by atoms with Gasteiger partial charge in [0.2, 0.25) is 0 Å². The van der Waals surface area contributed by atoms with Crippen molar-refractivity contribution in [3.8, 4) is 0 Å². The second kappa shape index (κ2) is 9.38. The highest BCUT2D eigenvalue weighted by Crippen LogP contribution is 2.17. The Balaban J connectivity index is 0.000000161. The molecule has 0 aliphatic rings. The van der Waals surface area contributed by atoms with E-state index in [0.717, 1.165) is 24.4 Å². The van der Waals surface area contributed by atoms with E-state index in [2.05, 4.69) is 29.9 Å². The Hall–Kier alpha value is -2.84. The van der Waals surface area contributed by atoms with Gasteiger partial charge in [-0.1, -0.05) is 47.5 Å². The first-order valence-electron chi connectivity index (χ1n) is 8.50. The summed E-state index contributed by atoms with van der Waals surface area (Å²) in [5.74, 6) is 0. The molecule has 10 heteroatoms. The Morgan fingerprint density at radius 3 is 1.54 bits per heavy atom. The molecule has 144 valence electrons. The summed E-state index contributed by atoms with van der Waals surface area (Å²) in [5.41, 5.74) is 2.84. The molecule has 0 fully saturated rings. The van der Waals surface area contributed by atoms with Crippen molar-refractivity contribution in [1.29, 1.82) is 0 Å². The van der Waals surface area contributed by atoms with E-state index >= 15 is 0 Å². The summed E-state index contributed by atoms with van der Waals surface area (Å²) in [6.45, 7) is 5.45. The Morgan fingerprint density at radius 2 is 1.14 bits per heavy atom. The van der Waals surface area contributed by atoms with Gasteiger partial charge in [0.05, 0.1) is 12.7 Å². The van der Waals surface area contributed by atoms with Crippen LogP contribution in [0.5, 0.6) is 0 Å². The molecule has 4 aromatic heterocycles. The van der Waals surface area contributed by atoms with Crippen molar-refractivity contribution in [2.75, 3.05) is 0 Å². The van der Waals surface area contributed by atoms with Crippen molar-refractivity contribution >= 4 is 45.5 Å². The number of rotatable bonds is 4.